The van der Waals surface area contributed by atoms with Crippen LogP contribution in [0.2, 0.25) is 0 Å². The Balaban J connectivity index is 1.67. The van der Waals surface area contributed by atoms with Gasteiger partial charge in [0.2, 0.25) is 0 Å². The van der Waals surface area contributed by atoms with Crippen molar-refractivity contribution in [1.29, 1.82) is 0 Å². The van der Waals surface area contributed by atoms with E-state index in [1.165, 1.54) is 6.07 Å². The summed E-state index contributed by atoms with van der Waals surface area (Å²) in [7, 11) is 0. The predicted molar refractivity (Wildman–Crippen MR) is 128 cm³/mol. The van der Waals surface area contributed by atoms with Crippen LogP contribution < -0.4 is 4.74 Å². The number of phenols is 5. The molecule has 0 saturated heterocycles. The van der Waals surface area contributed by atoms with Gasteiger partial charge in [-0.05, 0) is 63.7 Å². The largest absolute Gasteiger partial charge is 0.508 e. The zero-order chi connectivity index (χ0) is 23.6. The molecule has 6 nitrogen and oxygen atoms in total. The quantitative estimate of drug-likeness (QED) is 0.217. The van der Waals surface area contributed by atoms with Crippen molar-refractivity contribution in [2.45, 2.75) is 12.0 Å². The Morgan fingerprint density at radius 1 is 0.559 bits per heavy atom. The summed E-state index contributed by atoms with van der Waals surface area (Å²) in [5, 5.41) is 54.2. The van der Waals surface area contributed by atoms with Gasteiger partial charge in [-0.2, -0.15) is 0 Å². The Hall–Kier alpha value is -4.58. The molecule has 34 heavy (non-hydrogen) atoms. The minimum atomic E-state index is -0.540. The number of benzene rings is 5. The van der Waals surface area contributed by atoms with Crippen molar-refractivity contribution in [3.8, 4) is 34.5 Å². The van der Waals surface area contributed by atoms with Crippen LogP contribution in [0.15, 0.2) is 78.9 Å². The SMILES string of the molecule is Oc1ccc(C2Oc3cc(O)c4c(ccc5ccc(O)cc54)c3C2c2cc(O)cc(O)c2)cc1. The fraction of sp³-hybridized carbons (Fsp3) is 0.0714. The first-order chi connectivity index (χ1) is 16.4. The third-order valence-corrected chi connectivity index (χ3v) is 6.46. The molecule has 0 aromatic heterocycles. The van der Waals surface area contributed by atoms with E-state index in [1.807, 2.05) is 12.1 Å². The Kier molecular flexibility index (Phi) is 4.26. The molecule has 6 heteroatoms. The van der Waals surface area contributed by atoms with Gasteiger partial charge >= 0.3 is 0 Å². The summed E-state index contributed by atoms with van der Waals surface area (Å²) in [5.41, 5.74) is 2.21. The topological polar surface area (TPSA) is 110 Å². The molecule has 0 aliphatic carbocycles. The zero-order valence-corrected chi connectivity index (χ0v) is 17.8. The maximum atomic E-state index is 11.0. The van der Waals surface area contributed by atoms with Crippen LogP contribution in [-0.4, -0.2) is 25.5 Å². The summed E-state index contributed by atoms with van der Waals surface area (Å²) in [6, 6.07) is 21.5. The van der Waals surface area contributed by atoms with E-state index in [1.54, 1.807) is 60.7 Å². The minimum absolute atomic E-state index is 0.0220. The molecule has 2 unspecified atom stereocenters. The Morgan fingerprint density at radius 2 is 1.24 bits per heavy atom. The summed E-state index contributed by atoms with van der Waals surface area (Å²) in [6.07, 6.45) is -0.540. The van der Waals surface area contributed by atoms with Crippen LogP contribution in [0.3, 0.4) is 0 Å². The monoisotopic (exact) mass is 452 g/mol. The first-order valence-corrected chi connectivity index (χ1v) is 10.8. The number of ether oxygens (including phenoxy) is 1. The number of aromatic hydroxyl groups is 5. The standard InChI is InChI=1S/C28H20O6/c29-17-5-2-15(3-6-17)28-25(16-9-19(31)11-20(32)10-16)27-21-8-4-14-1-7-18(30)12-22(14)26(21)23(33)13-24(27)34-28/h1-13,25,28-33H. The van der Waals surface area contributed by atoms with E-state index in [9.17, 15) is 25.5 Å². The van der Waals surface area contributed by atoms with Crippen LogP contribution in [0.25, 0.3) is 21.5 Å². The molecule has 5 aromatic carbocycles. The summed E-state index contributed by atoms with van der Waals surface area (Å²) >= 11 is 0. The van der Waals surface area contributed by atoms with Crippen LogP contribution in [0.1, 0.15) is 28.7 Å². The summed E-state index contributed by atoms with van der Waals surface area (Å²) in [6.45, 7) is 0. The van der Waals surface area contributed by atoms with E-state index in [-0.39, 0.29) is 28.7 Å². The molecule has 1 aliphatic rings. The van der Waals surface area contributed by atoms with Gasteiger partial charge < -0.3 is 30.3 Å². The van der Waals surface area contributed by atoms with E-state index in [0.717, 1.165) is 21.9 Å². The lowest BCUT2D eigenvalue weighted by atomic mass is 9.82. The van der Waals surface area contributed by atoms with E-state index in [4.69, 9.17) is 4.74 Å². The van der Waals surface area contributed by atoms with Crippen molar-refractivity contribution in [2.24, 2.45) is 0 Å². The lowest BCUT2D eigenvalue weighted by Crippen LogP contribution is -2.11. The second-order valence-corrected chi connectivity index (χ2v) is 8.59. The number of fused-ring (bicyclic) bond motifs is 5. The molecule has 5 N–H and O–H groups in total. The number of hydrogen-bond acceptors (Lipinski definition) is 6. The van der Waals surface area contributed by atoms with Crippen LogP contribution in [0, 0.1) is 0 Å². The summed E-state index contributed by atoms with van der Waals surface area (Å²) in [5.74, 6) is 0.130. The smallest absolute Gasteiger partial charge is 0.135 e. The molecular weight excluding hydrogens is 432 g/mol. The van der Waals surface area contributed by atoms with Crippen molar-refractivity contribution in [2.75, 3.05) is 0 Å². The van der Waals surface area contributed by atoms with E-state index in [2.05, 4.69) is 0 Å². The van der Waals surface area contributed by atoms with Crippen molar-refractivity contribution < 1.29 is 30.3 Å². The highest BCUT2D eigenvalue weighted by molar-refractivity contribution is 6.13. The second-order valence-electron chi connectivity index (χ2n) is 8.59. The summed E-state index contributed by atoms with van der Waals surface area (Å²) in [4.78, 5) is 0. The molecular formula is C28H20O6. The molecule has 1 aliphatic heterocycles. The molecule has 6 rings (SSSR count). The van der Waals surface area contributed by atoms with Crippen LogP contribution in [0.4, 0.5) is 0 Å². The first-order valence-electron chi connectivity index (χ1n) is 10.8. The van der Waals surface area contributed by atoms with Crippen molar-refractivity contribution >= 4 is 21.5 Å². The average Bonchev–Trinajstić information content (AvgIpc) is 3.17. The molecule has 5 aromatic rings. The van der Waals surface area contributed by atoms with Gasteiger partial charge in [0.1, 0.15) is 40.6 Å². The zero-order valence-electron chi connectivity index (χ0n) is 17.8. The molecule has 168 valence electrons. The lowest BCUT2D eigenvalue weighted by molar-refractivity contribution is 0.221. The van der Waals surface area contributed by atoms with E-state index < -0.39 is 12.0 Å². The molecule has 0 amide bonds. The van der Waals surface area contributed by atoms with Gasteiger partial charge in [-0.1, -0.05) is 30.3 Å². The minimum Gasteiger partial charge on any atom is -0.508 e. The second kappa shape index (κ2) is 7.22. The van der Waals surface area contributed by atoms with Gasteiger partial charge in [-0.25, -0.2) is 0 Å². The molecule has 0 fully saturated rings. The van der Waals surface area contributed by atoms with Crippen molar-refractivity contribution in [3.05, 3.63) is 95.6 Å². The fourth-order valence-electron chi connectivity index (χ4n) is 5.05. The average molecular weight is 452 g/mol. The third kappa shape index (κ3) is 3.03. The highest BCUT2D eigenvalue weighted by atomic mass is 16.5. The van der Waals surface area contributed by atoms with Crippen molar-refractivity contribution in [3.63, 3.8) is 0 Å². The molecule has 0 bridgehead atoms. The van der Waals surface area contributed by atoms with Gasteiger partial charge in [-0.15, -0.1) is 0 Å². The lowest BCUT2D eigenvalue weighted by Gasteiger charge is -2.21. The maximum Gasteiger partial charge on any atom is 0.135 e. The molecule has 0 radical (unpaired) electrons. The number of phenolic OH excluding ortho intramolecular Hbond substituents is 5. The maximum absolute atomic E-state index is 11.0. The third-order valence-electron chi connectivity index (χ3n) is 6.46. The van der Waals surface area contributed by atoms with E-state index >= 15 is 0 Å². The van der Waals surface area contributed by atoms with Gasteiger partial charge in [0.25, 0.3) is 0 Å². The highest BCUT2D eigenvalue weighted by Gasteiger charge is 2.39. The predicted octanol–water partition coefficient (Wildman–Crippen LogP) is 5.79. The summed E-state index contributed by atoms with van der Waals surface area (Å²) < 4.78 is 6.35. The van der Waals surface area contributed by atoms with Crippen LogP contribution in [0.5, 0.6) is 34.5 Å². The van der Waals surface area contributed by atoms with Gasteiger partial charge in [0, 0.05) is 23.1 Å². The normalized spacial score (nSPS) is 17.1. The number of rotatable bonds is 2. The Bertz CT molecular complexity index is 1570. The van der Waals surface area contributed by atoms with Crippen LogP contribution in [-0.2, 0) is 0 Å². The fourth-order valence-corrected chi connectivity index (χ4v) is 5.05. The van der Waals surface area contributed by atoms with E-state index in [0.29, 0.717) is 22.1 Å². The Morgan fingerprint density at radius 3 is 1.97 bits per heavy atom. The van der Waals surface area contributed by atoms with Gasteiger partial charge in [-0.3, -0.25) is 0 Å². The molecule has 2 atom stereocenters. The van der Waals surface area contributed by atoms with Crippen LogP contribution >= 0.6 is 0 Å². The molecule has 1 heterocycles. The molecule has 0 spiro atoms. The van der Waals surface area contributed by atoms with Gasteiger partial charge in [0.15, 0.2) is 0 Å². The Labute approximate surface area is 194 Å². The molecule has 0 saturated carbocycles. The van der Waals surface area contributed by atoms with Gasteiger partial charge in [0.05, 0.1) is 5.92 Å². The number of hydrogen-bond donors (Lipinski definition) is 5. The first kappa shape index (κ1) is 20.1. The van der Waals surface area contributed by atoms with Crippen molar-refractivity contribution in [1.82, 2.24) is 0 Å². The highest BCUT2D eigenvalue weighted by Crippen LogP contribution is 2.55.